The fourth-order valence-corrected chi connectivity index (χ4v) is 2.95. The minimum atomic E-state index is -0.0413. The number of aryl methyl sites for hydroxylation is 2. The van der Waals surface area contributed by atoms with Gasteiger partial charge in [0.05, 0.1) is 0 Å². The molecule has 1 amide bonds. The maximum atomic E-state index is 12.4. The Hall–Kier alpha value is -1.95. The van der Waals surface area contributed by atoms with Gasteiger partial charge in [0.25, 0.3) is 5.91 Å². The minimum absolute atomic E-state index is 0.0413. The van der Waals surface area contributed by atoms with E-state index in [1.807, 2.05) is 25.1 Å². The highest BCUT2D eigenvalue weighted by atomic mass is 79.9. The summed E-state index contributed by atoms with van der Waals surface area (Å²) in [5.74, 6) is 0.270. The summed E-state index contributed by atoms with van der Waals surface area (Å²) >= 11 is 3.45. The molecule has 0 saturated heterocycles. The first kappa shape index (κ1) is 15.0. The molecule has 1 atom stereocenters. The standard InChI is InChI=1S/C16H17BrN4O/c1-9-6-10(2-4-13(9)17)15(22)20-12-3-5-14-11(7-12)8-19-16(18)21-14/h2,4,6,8,12H,3,5,7H2,1H3,(H,20,22)(H2,18,19,21). The Morgan fingerprint density at radius 2 is 2.27 bits per heavy atom. The number of carbonyl (C=O) groups is 1. The smallest absolute Gasteiger partial charge is 0.251 e. The Bertz CT molecular complexity index is 732. The topological polar surface area (TPSA) is 80.9 Å². The summed E-state index contributed by atoms with van der Waals surface area (Å²) in [4.78, 5) is 20.7. The van der Waals surface area contributed by atoms with Crippen LogP contribution in [0.1, 0.15) is 33.6 Å². The van der Waals surface area contributed by atoms with Crippen molar-refractivity contribution in [3.8, 4) is 0 Å². The second-order valence-electron chi connectivity index (χ2n) is 5.58. The van der Waals surface area contributed by atoms with Crippen LogP contribution in [0.5, 0.6) is 0 Å². The van der Waals surface area contributed by atoms with Crippen molar-refractivity contribution in [3.05, 3.63) is 51.3 Å². The molecule has 3 rings (SSSR count). The van der Waals surface area contributed by atoms with Crippen molar-refractivity contribution in [2.45, 2.75) is 32.2 Å². The van der Waals surface area contributed by atoms with Gasteiger partial charge in [-0.3, -0.25) is 4.79 Å². The van der Waals surface area contributed by atoms with Gasteiger partial charge in [0.2, 0.25) is 5.95 Å². The molecule has 2 aromatic rings. The zero-order valence-electron chi connectivity index (χ0n) is 12.3. The SMILES string of the molecule is Cc1cc(C(=O)NC2CCc3nc(N)ncc3C2)ccc1Br. The van der Waals surface area contributed by atoms with Crippen molar-refractivity contribution in [2.75, 3.05) is 5.73 Å². The number of nitrogens with one attached hydrogen (secondary N) is 1. The summed E-state index contributed by atoms with van der Waals surface area (Å²) in [6, 6.07) is 5.72. The zero-order valence-corrected chi connectivity index (χ0v) is 13.9. The lowest BCUT2D eigenvalue weighted by Crippen LogP contribution is -2.39. The molecule has 0 bridgehead atoms. The molecule has 0 fully saturated rings. The van der Waals surface area contributed by atoms with Crippen LogP contribution in [0, 0.1) is 6.92 Å². The van der Waals surface area contributed by atoms with Crippen LogP contribution in [0.3, 0.4) is 0 Å². The van der Waals surface area contributed by atoms with Crippen LogP contribution in [0.15, 0.2) is 28.9 Å². The van der Waals surface area contributed by atoms with Crippen LogP contribution in [-0.2, 0) is 12.8 Å². The Kier molecular flexibility index (Phi) is 4.11. The number of hydrogen-bond donors (Lipinski definition) is 2. The molecule has 1 aromatic carbocycles. The molecule has 22 heavy (non-hydrogen) atoms. The lowest BCUT2D eigenvalue weighted by Gasteiger charge is -2.24. The van der Waals surface area contributed by atoms with Gasteiger partial charge in [0.15, 0.2) is 0 Å². The van der Waals surface area contributed by atoms with E-state index in [0.29, 0.717) is 11.5 Å². The Morgan fingerprint density at radius 1 is 1.45 bits per heavy atom. The first-order valence-electron chi connectivity index (χ1n) is 7.20. The van der Waals surface area contributed by atoms with E-state index in [0.717, 1.165) is 40.6 Å². The highest BCUT2D eigenvalue weighted by Crippen LogP contribution is 2.21. The Labute approximate surface area is 137 Å². The Morgan fingerprint density at radius 3 is 3.05 bits per heavy atom. The number of halogens is 1. The number of benzene rings is 1. The van der Waals surface area contributed by atoms with Gasteiger partial charge in [0, 0.05) is 28.0 Å². The van der Waals surface area contributed by atoms with E-state index in [1.54, 1.807) is 6.20 Å². The van der Waals surface area contributed by atoms with E-state index in [-0.39, 0.29) is 11.9 Å². The number of nitrogens with zero attached hydrogens (tertiary/aromatic N) is 2. The van der Waals surface area contributed by atoms with Crippen LogP contribution >= 0.6 is 15.9 Å². The van der Waals surface area contributed by atoms with Crippen LogP contribution in [-0.4, -0.2) is 21.9 Å². The quantitative estimate of drug-likeness (QED) is 0.861. The van der Waals surface area contributed by atoms with Crippen LogP contribution in [0.4, 0.5) is 5.95 Å². The van der Waals surface area contributed by atoms with E-state index in [2.05, 4.69) is 31.2 Å². The van der Waals surface area contributed by atoms with Crippen LogP contribution in [0.25, 0.3) is 0 Å². The maximum absolute atomic E-state index is 12.4. The molecule has 6 heteroatoms. The Balaban J connectivity index is 1.70. The fourth-order valence-electron chi connectivity index (χ4n) is 2.70. The number of rotatable bonds is 2. The fraction of sp³-hybridized carbons (Fsp3) is 0.312. The van der Waals surface area contributed by atoms with E-state index in [1.165, 1.54) is 0 Å². The van der Waals surface area contributed by atoms with Crippen molar-refractivity contribution in [1.29, 1.82) is 0 Å². The summed E-state index contributed by atoms with van der Waals surface area (Å²) in [5.41, 5.74) is 9.40. The van der Waals surface area contributed by atoms with E-state index < -0.39 is 0 Å². The van der Waals surface area contributed by atoms with Gasteiger partial charge in [-0.2, -0.15) is 0 Å². The van der Waals surface area contributed by atoms with Crippen molar-refractivity contribution in [2.24, 2.45) is 0 Å². The van der Waals surface area contributed by atoms with Gasteiger partial charge in [-0.05, 0) is 55.5 Å². The first-order chi connectivity index (χ1) is 10.5. The molecule has 5 nitrogen and oxygen atoms in total. The number of aromatic nitrogens is 2. The van der Waals surface area contributed by atoms with E-state index in [9.17, 15) is 4.79 Å². The lowest BCUT2D eigenvalue weighted by molar-refractivity contribution is 0.0933. The van der Waals surface area contributed by atoms with E-state index in [4.69, 9.17) is 5.73 Å². The van der Waals surface area contributed by atoms with Gasteiger partial charge in [-0.25, -0.2) is 9.97 Å². The van der Waals surface area contributed by atoms with Crippen LogP contribution in [0.2, 0.25) is 0 Å². The van der Waals surface area contributed by atoms with Gasteiger partial charge in [-0.1, -0.05) is 15.9 Å². The second-order valence-corrected chi connectivity index (χ2v) is 6.43. The van der Waals surface area contributed by atoms with Crippen molar-refractivity contribution in [3.63, 3.8) is 0 Å². The number of anilines is 1. The predicted molar refractivity (Wildman–Crippen MR) is 88.6 cm³/mol. The number of nitrogens with two attached hydrogens (primary N) is 1. The average Bonchev–Trinajstić information content (AvgIpc) is 2.50. The molecule has 114 valence electrons. The maximum Gasteiger partial charge on any atom is 0.251 e. The highest BCUT2D eigenvalue weighted by molar-refractivity contribution is 9.10. The van der Waals surface area contributed by atoms with Crippen molar-refractivity contribution in [1.82, 2.24) is 15.3 Å². The summed E-state index contributed by atoms with van der Waals surface area (Å²) in [6.07, 6.45) is 4.19. The van der Waals surface area contributed by atoms with Gasteiger partial charge in [0.1, 0.15) is 0 Å². The average molecular weight is 361 g/mol. The number of nitrogen functional groups attached to an aromatic ring is 1. The molecule has 1 aromatic heterocycles. The molecule has 0 aliphatic heterocycles. The molecule has 0 saturated carbocycles. The number of carbonyl (C=O) groups excluding carboxylic acids is 1. The monoisotopic (exact) mass is 360 g/mol. The zero-order chi connectivity index (χ0) is 15.7. The highest BCUT2D eigenvalue weighted by Gasteiger charge is 2.22. The lowest BCUT2D eigenvalue weighted by atomic mass is 9.92. The number of amides is 1. The largest absolute Gasteiger partial charge is 0.368 e. The van der Waals surface area contributed by atoms with Gasteiger partial charge in [-0.15, -0.1) is 0 Å². The van der Waals surface area contributed by atoms with E-state index >= 15 is 0 Å². The third-order valence-corrected chi connectivity index (χ3v) is 4.81. The summed E-state index contributed by atoms with van der Waals surface area (Å²) in [6.45, 7) is 1.97. The molecular weight excluding hydrogens is 344 g/mol. The molecule has 1 aliphatic carbocycles. The molecule has 1 unspecified atom stereocenters. The number of hydrogen-bond acceptors (Lipinski definition) is 4. The predicted octanol–water partition coefficient (Wildman–Crippen LogP) is 2.42. The van der Waals surface area contributed by atoms with Crippen LogP contribution < -0.4 is 11.1 Å². The molecule has 0 radical (unpaired) electrons. The summed E-state index contributed by atoms with van der Waals surface area (Å²) in [5, 5.41) is 3.10. The van der Waals surface area contributed by atoms with Crippen molar-refractivity contribution >= 4 is 27.8 Å². The number of fused-ring (bicyclic) bond motifs is 1. The second kappa shape index (κ2) is 6.04. The van der Waals surface area contributed by atoms with Crippen molar-refractivity contribution < 1.29 is 4.79 Å². The summed E-state index contributed by atoms with van der Waals surface area (Å²) < 4.78 is 1.00. The third kappa shape index (κ3) is 3.11. The minimum Gasteiger partial charge on any atom is -0.368 e. The molecule has 0 spiro atoms. The third-order valence-electron chi connectivity index (χ3n) is 3.92. The van der Waals surface area contributed by atoms with Gasteiger partial charge < -0.3 is 11.1 Å². The molecular formula is C16H17BrN4O. The molecule has 1 heterocycles. The first-order valence-corrected chi connectivity index (χ1v) is 7.99. The molecule has 3 N–H and O–H groups in total. The normalized spacial score (nSPS) is 16.9. The van der Waals surface area contributed by atoms with Gasteiger partial charge >= 0.3 is 0 Å². The molecule has 1 aliphatic rings. The summed E-state index contributed by atoms with van der Waals surface area (Å²) in [7, 11) is 0.